The van der Waals surface area contributed by atoms with E-state index in [9.17, 15) is 13.6 Å². The lowest BCUT2D eigenvalue weighted by atomic mass is 9.83. The van der Waals surface area contributed by atoms with Crippen molar-refractivity contribution < 1.29 is 13.6 Å². The third kappa shape index (κ3) is 6.60. The fraction of sp³-hybridized carbons (Fsp3) is 0.667. The van der Waals surface area contributed by atoms with Crippen molar-refractivity contribution in [2.45, 2.75) is 92.5 Å². The molecule has 2 heterocycles. The van der Waals surface area contributed by atoms with E-state index in [1.54, 1.807) is 0 Å². The molecule has 1 amide bonds. The summed E-state index contributed by atoms with van der Waals surface area (Å²) in [5.41, 5.74) is 0.963. The highest BCUT2D eigenvalue weighted by Crippen LogP contribution is 2.40. The van der Waals surface area contributed by atoms with Gasteiger partial charge in [-0.25, -0.2) is 8.78 Å². The quantitative estimate of drug-likeness (QED) is 0.387. The van der Waals surface area contributed by atoms with E-state index in [1.807, 2.05) is 6.92 Å². The summed E-state index contributed by atoms with van der Waals surface area (Å²) in [6, 6.07) is 1.47. The molecule has 0 radical (unpaired) electrons. The standard InChI is InChI=1S/C27H39ClF2N4O/c1-7-26(4,5)14-19-13-21(27(6,29)30)20(16-31-19)24-22(28)23(33-34(24)8-2)25(35)32-15-18-11-9-17(3)10-12-18/h13,16-18H,7-12,14-15H2,1-6H3,(H,32,35). The average molecular weight is 509 g/mol. The van der Waals surface area contributed by atoms with Gasteiger partial charge in [-0.1, -0.05) is 58.6 Å². The molecule has 3 rings (SSSR count). The van der Waals surface area contributed by atoms with Gasteiger partial charge in [0, 0.05) is 43.0 Å². The van der Waals surface area contributed by atoms with Crippen molar-refractivity contribution >= 4 is 17.5 Å². The Labute approximate surface area is 213 Å². The number of halogens is 3. The van der Waals surface area contributed by atoms with Gasteiger partial charge in [-0.15, -0.1) is 0 Å². The molecule has 0 atom stereocenters. The Morgan fingerprint density at radius 1 is 1.20 bits per heavy atom. The number of aromatic nitrogens is 3. The minimum absolute atomic E-state index is 0.0563. The van der Waals surface area contributed by atoms with Crippen LogP contribution < -0.4 is 5.32 Å². The number of nitrogens with zero attached hydrogens (tertiary/aromatic N) is 3. The third-order valence-electron chi connectivity index (χ3n) is 7.40. The number of alkyl halides is 2. The van der Waals surface area contributed by atoms with Crippen molar-refractivity contribution in [3.8, 4) is 11.3 Å². The average Bonchev–Trinajstić information content (AvgIpc) is 3.14. The zero-order valence-electron chi connectivity index (χ0n) is 21.9. The van der Waals surface area contributed by atoms with E-state index in [0.717, 1.165) is 32.1 Å². The maximum atomic E-state index is 14.8. The van der Waals surface area contributed by atoms with E-state index in [0.29, 0.717) is 36.8 Å². The Balaban J connectivity index is 1.93. The maximum Gasteiger partial charge on any atom is 0.273 e. The molecule has 0 aromatic carbocycles. The number of amides is 1. The Bertz CT molecular complexity index is 1040. The predicted molar refractivity (Wildman–Crippen MR) is 137 cm³/mol. The molecule has 35 heavy (non-hydrogen) atoms. The molecule has 0 saturated heterocycles. The Morgan fingerprint density at radius 3 is 2.43 bits per heavy atom. The van der Waals surface area contributed by atoms with Gasteiger partial charge in [0.25, 0.3) is 11.8 Å². The van der Waals surface area contributed by atoms with Crippen LogP contribution in [0, 0.1) is 17.3 Å². The summed E-state index contributed by atoms with van der Waals surface area (Å²) < 4.78 is 31.1. The number of carbonyl (C=O) groups is 1. The molecular weight excluding hydrogens is 470 g/mol. The van der Waals surface area contributed by atoms with Crippen LogP contribution in [0.3, 0.4) is 0 Å². The molecule has 0 bridgehead atoms. The summed E-state index contributed by atoms with van der Waals surface area (Å²) in [5.74, 6) is -2.31. The highest BCUT2D eigenvalue weighted by molar-refractivity contribution is 6.36. The van der Waals surface area contributed by atoms with Gasteiger partial charge in [-0.2, -0.15) is 5.10 Å². The Hall–Kier alpha value is -2.02. The molecule has 2 aromatic rings. The summed E-state index contributed by atoms with van der Waals surface area (Å²) in [7, 11) is 0. The van der Waals surface area contributed by atoms with Crippen LogP contribution in [0.1, 0.15) is 95.4 Å². The predicted octanol–water partition coefficient (Wildman–Crippen LogP) is 7.26. The maximum absolute atomic E-state index is 14.8. The number of pyridine rings is 1. The third-order valence-corrected chi connectivity index (χ3v) is 7.76. The van der Waals surface area contributed by atoms with Gasteiger partial charge in [-0.3, -0.25) is 14.5 Å². The lowest BCUT2D eigenvalue weighted by Crippen LogP contribution is -2.31. The SMILES string of the molecule is CCn1nc(C(=O)NCC2CCC(C)CC2)c(Cl)c1-c1cnc(CC(C)(C)CC)cc1C(C)(F)F. The number of carbonyl (C=O) groups excluding carboxylic acids is 1. The van der Waals surface area contributed by atoms with Gasteiger partial charge in [0.05, 0.1) is 10.7 Å². The minimum atomic E-state index is -3.11. The molecule has 1 N–H and O–H groups in total. The van der Waals surface area contributed by atoms with Crippen LogP contribution in [0.2, 0.25) is 5.02 Å². The van der Waals surface area contributed by atoms with Crippen LogP contribution in [0.15, 0.2) is 12.3 Å². The summed E-state index contributed by atoms with van der Waals surface area (Å²) in [4.78, 5) is 17.5. The zero-order chi connectivity index (χ0) is 26.0. The van der Waals surface area contributed by atoms with Crippen molar-refractivity contribution in [3.05, 3.63) is 34.2 Å². The number of rotatable bonds is 9. The summed E-state index contributed by atoms with van der Waals surface area (Å²) in [6.45, 7) is 12.2. The topological polar surface area (TPSA) is 59.8 Å². The van der Waals surface area contributed by atoms with Gasteiger partial charge in [0.15, 0.2) is 5.69 Å². The van der Waals surface area contributed by atoms with Crippen LogP contribution in [0.5, 0.6) is 0 Å². The van der Waals surface area contributed by atoms with E-state index in [2.05, 4.69) is 43.1 Å². The first kappa shape index (κ1) is 27.6. The van der Waals surface area contributed by atoms with Crippen molar-refractivity contribution in [2.75, 3.05) is 6.54 Å². The second-order valence-electron chi connectivity index (χ2n) is 11.0. The van der Waals surface area contributed by atoms with Crippen LogP contribution in [-0.4, -0.2) is 27.2 Å². The molecule has 5 nitrogen and oxygen atoms in total. The second-order valence-corrected chi connectivity index (χ2v) is 11.3. The van der Waals surface area contributed by atoms with Crippen LogP contribution in [-0.2, 0) is 18.9 Å². The fourth-order valence-electron chi connectivity index (χ4n) is 4.69. The minimum Gasteiger partial charge on any atom is -0.350 e. The van der Waals surface area contributed by atoms with Gasteiger partial charge >= 0.3 is 0 Å². The lowest BCUT2D eigenvalue weighted by Gasteiger charge is -2.26. The van der Waals surface area contributed by atoms with Gasteiger partial charge < -0.3 is 5.32 Å². The van der Waals surface area contributed by atoms with Gasteiger partial charge in [0.1, 0.15) is 0 Å². The van der Waals surface area contributed by atoms with Crippen molar-refractivity contribution in [2.24, 2.45) is 17.3 Å². The summed E-state index contributed by atoms with van der Waals surface area (Å²) >= 11 is 6.65. The number of hydrogen-bond acceptors (Lipinski definition) is 3. The van der Waals surface area contributed by atoms with Gasteiger partial charge in [0.2, 0.25) is 0 Å². The molecule has 8 heteroatoms. The smallest absolute Gasteiger partial charge is 0.273 e. The van der Waals surface area contributed by atoms with Gasteiger partial charge in [-0.05, 0) is 49.5 Å². The first-order valence-electron chi connectivity index (χ1n) is 12.8. The monoisotopic (exact) mass is 508 g/mol. The largest absolute Gasteiger partial charge is 0.350 e. The summed E-state index contributed by atoms with van der Waals surface area (Å²) in [6.07, 6.45) is 7.46. The molecule has 0 unspecified atom stereocenters. The molecule has 0 spiro atoms. The van der Waals surface area contributed by atoms with Crippen LogP contribution in [0.4, 0.5) is 8.78 Å². The molecule has 1 saturated carbocycles. The number of aryl methyl sites for hydroxylation is 1. The van der Waals surface area contributed by atoms with E-state index in [1.165, 1.54) is 29.8 Å². The van der Waals surface area contributed by atoms with Crippen LogP contribution in [0.25, 0.3) is 11.3 Å². The lowest BCUT2D eigenvalue weighted by molar-refractivity contribution is 0.0178. The number of hydrogen-bond donors (Lipinski definition) is 1. The molecule has 194 valence electrons. The van der Waals surface area contributed by atoms with E-state index in [4.69, 9.17) is 11.6 Å². The first-order chi connectivity index (χ1) is 16.4. The normalized spacial score (nSPS) is 19.1. The summed E-state index contributed by atoms with van der Waals surface area (Å²) in [5, 5.41) is 7.44. The molecule has 0 aliphatic heterocycles. The van der Waals surface area contributed by atoms with E-state index < -0.39 is 5.92 Å². The fourth-order valence-corrected chi connectivity index (χ4v) is 5.01. The van der Waals surface area contributed by atoms with E-state index in [-0.39, 0.29) is 33.2 Å². The van der Waals surface area contributed by atoms with Crippen molar-refractivity contribution in [3.63, 3.8) is 0 Å². The van der Waals surface area contributed by atoms with Crippen LogP contribution >= 0.6 is 11.6 Å². The highest BCUT2D eigenvalue weighted by Gasteiger charge is 2.33. The van der Waals surface area contributed by atoms with Crippen molar-refractivity contribution in [1.29, 1.82) is 0 Å². The second kappa shape index (κ2) is 10.9. The Kier molecular flexibility index (Phi) is 8.61. The number of nitrogens with one attached hydrogen (secondary N) is 1. The van der Waals surface area contributed by atoms with E-state index >= 15 is 0 Å². The molecule has 2 aromatic heterocycles. The first-order valence-corrected chi connectivity index (χ1v) is 13.2. The highest BCUT2D eigenvalue weighted by atomic mass is 35.5. The Morgan fingerprint density at radius 2 is 1.86 bits per heavy atom. The molecule has 1 fully saturated rings. The molecular formula is C27H39ClF2N4O. The molecule has 1 aliphatic rings. The van der Waals surface area contributed by atoms with Crippen molar-refractivity contribution in [1.82, 2.24) is 20.1 Å². The molecule has 1 aliphatic carbocycles. The zero-order valence-corrected chi connectivity index (χ0v) is 22.6.